The molecule has 9 heteroatoms. The first-order chi connectivity index (χ1) is 18.2. The number of hydrogen-bond donors (Lipinski definition) is 1. The van der Waals surface area contributed by atoms with Crippen molar-refractivity contribution in [3.8, 4) is 5.75 Å². The van der Waals surface area contributed by atoms with Gasteiger partial charge in [-0.2, -0.15) is 0 Å². The number of nitrogens with one attached hydrogen (secondary N) is 1. The number of aromatic nitrogens is 3. The Morgan fingerprint density at radius 3 is 2.53 bits per heavy atom. The van der Waals surface area contributed by atoms with Gasteiger partial charge in [0.15, 0.2) is 0 Å². The molecule has 0 bridgehead atoms. The van der Waals surface area contributed by atoms with Crippen molar-refractivity contribution in [1.29, 1.82) is 0 Å². The van der Waals surface area contributed by atoms with E-state index in [2.05, 4.69) is 15.6 Å². The Morgan fingerprint density at radius 2 is 1.82 bits per heavy atom. The number of carbonyl (C=O) groups excluding carboxylic acids is 2. The quantitative estimate of drug-likeness (QED) is 0.331. The average molecular weight is 518 g/mol. The Balaban J connectivity index is 1.78. The van der Waals surface area contributed by atoms with Crippen LogP contribution in [0.5, 0.6) is 5.75 Å². The number of fused-ring (bicyclic) bond motifs is 1. The zero-order valence-electron chi connectivity index (χ0n) is 22.0. The average Bonchev–Trinajstić information content (AvgIpc) is 3.32. The number of ether oxygens (including phenoxy) is 1. The van der Waals surface area contributed by atoms with Crippen LogP contribution in [0.2, 0.25) is 0 Å². The van der Waals surface area contributed by atoms with Crippen LogP contribution in [0.25, 0.3) is 11.0 Å². The van der Waals surface area contributed by atoms with Gasteiger partial charge in [0, 0.05) is 12.1 Å². The third-order valence-electron chi connectivity index (χ3n) is 6.60. The molecule has 198 valence electrons. The van der Waals surface area contributed by atoms with Gasteiger partial charge in [0.2, 0.25) is 11.8 Å². The summed E-state index contributed by atoms with van der Waals surface area (Å²) in [6.45, 7) is 5.80. The minimum absolute atomic E-state index is 0.116. The van der Waals surface area contributed by atoms with Crippen molar-refractivity contribution >= 4 is 22.8 Å². The van der Waals surface area contributed by atoms with Crippen molar-refractivity contribution in [3.63, 3.8) is 0 Å². The fourth-order valence-corrected chi connectivity index (χ4v) is 4.15. The van der Waals surface area contributed by atoms with Crippen LogP contribution >= 0.6 is 0 Å². The largest absolute Gasteiger partial charge is 0.497 e. The van der Waals surface area contributed by atoms with Gasteiger partial charge in [-0.05, 0) is 67.8 Å². The Kier molecular flexibility index (Phi) is 8.05. The van der Waals surface area contributed by atoms with Crippen LogP contribution in [0.15, 0.2) is 72.8 Å². The van der Waals surface area contributed by atoms with Gasteiger partial charge in [0.1, 0.15) is 29.7 Å². The highest BCUT2D eigenvalue weighted by molar-refractivity contribution is 5.89. The molecule has 4 rings (SSSR count). The van der Waals surface area contributed by atoms with Crippen molar-refractivity contribution in [2.45, 2.75) is 51.9 Å². The van der Waals surface area contributed by atoms with E-state index < -0.39 is 17.4 Å². The lowest BCUT2D eigenvalue weighted by molar-refractivity contribution is -0.143. The Bertz CT molecular complexity index is 1420. The van der Waals surface area contributed by atoms with Crippen LogP contribution in [-0.2, 0) is 22.7 Å². The molecule has 2 amide bonds. The lowest BCUT2D eigenvalue weighted by Crippen LogP contribution is -2.50. The zero-order chi connectivity index (χ0) is 27.3. The van der Waals surface area contributed by atoms with E-state index in [1.807, 2.05) is 69.3 Å². The summed E-state index contributed by atoms with van der Waals surface area (Å²) in [5, 5.41) is 11.4. The Hall–Kier alpha value is -4.27. The standard InChI is InChI=1S/C29H32FN5O3/c1-5-29(2,3)31-28(37)27(21-13-15-22(30)16-14-21)34(18-20-9-8-10-23(17-20)38-4)26(36)19-35-25-12-7-6-11-24(25)32-33-35/h6-17,27H,5,18-19H2,1-4H3,(H,31,37). The van der Waals surface area contributed by atoms with Gasteiger partial charge in [-0.25, -0.2) is 9.07 Å². The van der Waals surface area contributed by atoms with Crippen LogP contribution in [0.3, 0.4) is 0 Å². The monoisotopic (exact) mass is 517 g/mol. The Morgan fingerprint density at radius 1 is 1.08 bits per heavy atom. The molecule has 1 aromatic heterocycles. The van der Waals surface area contributed by atoms with Crippen LogP contribution in [0.4, 0.5) is 4.39 Å². The van der Waals surface area contributed by atoms with Gasteiger partial charge < -0.3 is 15.0 Å². The maximum atomic E-state index is 14.0. The van der Waals surface area contributed by atoms with E-state index in [4.69, 9.17) is 4.74 Å². The minimum atomic E-state index is -1.02. The number of hydrogen-bond acceptors (Lipinski definition) is 5. The van der Waals surface area contributed by atoms with Crippen LogP contribution < -0.4 is 10.1 Å². The van der Waals surface area contributed by atoms with Gasteiger partial charge >= 0.3 is 0 Å². The molecule has 0 aliphatic rings. The molecule has 0 radical (unpaired) electrons. The molecule has 1 N–H and O–H groups in total. The molecule has 1 heterocycles. The van der Waals surface area contributed by atoms with Gasteiger partial charge in [0.25, 0.3) is 0 Å². The fourth-order valence-electron chi connectivity index (χ4n) is 4.15. The molecule has 4 aromatic rings. The SMILES string of the molecule is CCC(C)(C)NC(=O)C(c1ccc(F)cc1)N(Cc1cccc(OC)c1)C(=O)Cn1nnc2ccccc21. The maximum absolute atomic E-state index is 14.0. The van der Waals surface area contributed by atoms with Crippen molar-refractivity contribution in [2.75, 3.05) is 7.11 Å². The summed E-state index contributed by atoms with van der Waals surface area (Å²) in [5.74, 6) is -0.501. The van der Waals surface area contributed by atoms with Crippen LogP contribution in [-0.4, -0.2) is 44.4 Å². The summed E-state index contributed by atoms with van der Waals surface area (Å²) in [7, 11) is 1.57. The van der Waals surface area contributed by atoms with Gasteiger partial charge in [-0.15, -0.1) is 5.10 Å². The lowest BCUT2D eigenvalue weighted by atomic mass is 9.98. The van der Waals surface area contributed by atoms with E-state index in [0.717, 1.165) is 5.56 Å². The number of benzene rings is 3. The number of rotatable bonds is 10. The Labute approximate surface area is 221 Å². The lowest BCUT2D eigenvalue weighted by Gasteiger charge is -2.34. The third kappa shape index (κ3) is 6.16. The molecular formula is C29H32FN5O3. The molecule has 38 heavy (non-hydrogen) atoms. The van der Waals surface area contributed by atoms with Crippen molar-refractivity contribution in [3.05, 3.63) is 89.7 Å². The first-order valence-electron chi connectivity index (χ1n) is 12.5. The molecule has 0 fully saturated rings. The van der Waals surface area contributed by atoms with Crippen molar-refractivity contribution in [2.24, 2.45) is 0 Å². The second kappa shape index (κ2) is 11.4. The predicted molar refractivity (Wildman–Crippen MR) is 143 cm³/mol. The molecule has 0 aliphatic heterocycles. The molecule has 0 aliphatic carbocycles. The highest BCUT2D eigenvalue weighted by Gasteiger charge is 2.34. The second-order valence-corrected chi connectivity index (χ2v) is 9.79. The zero-order valence-corrected chi connectivity index (χ0v) is 22.0. The maximum Gasteiger partial charge on any atom is 0.247 e. The number of carbonyl (C=O) groups is 2. The van der Waals surface area contributed by atoms with E-state index in [1.54, 1.807) is 7.11 Å². The van der Waals surface area contributed by atoms with Crippen molar-refractivity contribution < 1.29 is 18.7 Å². The number of amides is 2. The number of nitrogens with zero attached hydrogens (tertiary/aromatic N) is 4. The summed E-state index contributed by atoms with van der Waals surface area (Å²) < 4.78 is 20.7. The summed E-state index contributed by atoms with van der Waals surface area (Å²) in [5.41, 5.74) is 2.13. The molecule has 0 spiro atoms. The number of methoxy groups -OCH3 is 1. The van der Waals surface area contributed by atoms with E-state index in [0.29, 0.717) is 28.8 Å². The van der Waals surface area contributed by atoms with E-state index in [9.17, 15) is 14.0 Å². The van der Waals surface area contributed by atoms with Gasteiger partial charge in [0.05, 0.1) is 12.6 Å². The van der Waals surface area contributed by atoms with Gasteiger partial charge in [-0.1, -0.05) is 48.5 Å². The first kappa shape index (κ1) is 26.8. The molecule has 0 saturated carbocycles. The van der Waals surface area contributed by atoms with Crippen molar-refractivity contribution in [1.82, 2.24) is 25.2 Å². The number of para-hydroxylation sites is 1. The second-order valence-electron chi connectivity index (χ2n) is 9.79. The fraction of sp³-hybridized carbons (Fsp3) is 0.310. The molecular weight excluding hydrogens is 485 g/mol. The van der Waals surface area contributed by atoms with Gasteiger partial charge in [-0.3, -0.25) is 9.59 Å². The molecule has 8 nitrogen and oxygen atoms in total. The molecule has 0 saturated heterocycles. The van der Waals surface area contributed by atoms with E-state index in [1.165, 1.54) is 33.8 Å². The predicted octanol–water partition coefficient (Wildman–Crippen LogP) is 4.65. The summed E-state index contributed by atoms with van der Waals surface area (Å²) in [6, 6.07) is 19.3. The highest BCUT2D eigenvalue weighted by atomic mass is 19.1. The summed E-state index contributed by atoms with van der Waals surface area (Å²) in [4.78, 5) is 29.3. The minimum Gasteiger partial charge on any atom is -0.497 e. The van der Waals surface area contributed by atoms with Crippen LogP contribution in [0, 0.1) is 5.82 Å². The van der Waals surface area contributed by atoms with E-state index >= 15 is 0 Å². The molecule has 1 atom stereocenters. The smallest absolute Gasteiger partial charge is 0.247 e. The van der Waals surface area contributed by atoms with Crippen LogP contribution in [0.1, 0.15) is 44.4 Å². The molecule has 3 aromatic carbocycles. The number of halogens is 1. The first-order valence-corrected chi connectivity index (χ1v) is 12.5. The third-order valence-corrected chi connectivity index (χ3v) is 6.60. The normalized spacial score (nSPS) is 12.2. The molecule has 1 unspecified atom stereocenters. The summed E-state index contributed by atoms with van der Waals surface area (Å²) >= 11 is 0. The highest BCUT2D eigenvalue weighted by Crippen LogP contribution is 2.27. The van der Waals surface area contributed by atoms with E-state index in [-0.39, 0.29) is 24.9 Å². The topological polar surface area (TPSA) is 89.4 Å². The summed E-state index contributed by atoms with van der Waals surface area (Å²) in [6.07, 6.45) is 0.684.